The average molecular weight is 386 g/mol. The second kappa shape index (κ2) is 4.77. The summed E-state index contributed by atoms with van der Waals surface area (Å²) >= 11 is 2.11. The summed E-state index contributed by atoms with van der Waals surface area (Å²) in [6.07, 6.45) is 1.56. The van der Waals surface area contributed by atoms with Gasteiger partial charge in [0.2, 0.25) is 5.95 Å². The second-order valence-electron chi connectivity index (χ2n) is 4.93. The van der Waals surface area contributed by atoms with Gasteiger partial charge in [-0.15, -0.1) is 0 Å². The minimum Gasteiger partial charge on any atom is -0.278 e. The number of fused-ring (bicyclic) bond motifs is 3. The van der Waals surface area contributed by atoms with E-state index in [0.29, 0.717) is 9.78 Å². The van der Waals surface area contributed by atoms with Gasteiger partial charge in [0, 0.05) is 33.4 Å². The van der Waals surface area contributed by atoms with E-state index in [9.17, 15) is 0 Å². The summed E-state index contributed by atoms with van der Waals surface area (Å²) in [5, 5.41) is 2.43. The van der Waals surface area contributed by atoms with Crippen LogP contribution >= 0.6 is 22.6 Å². The van der Waals surface area contributed by atoms with Gasteiger partial charge in [-0.25, -0.2) is 9.97 Å². The van der Waals surface area contributed by atoms with E-state index < -0.39 is 0 Å². The lowest BCUT2D eigenvalue weighted by Crippen LogP contribution is -2.03. The van der Waals surface area contributed by atoms with Crippen molar-refractivity contribution in [3.63, 3.8) is 0 Å². The van der Waals surface area contributed by atoms with Crippen LogP contribution in [0.2, 0.25) is 0 Å². The molecule has 0 bridgehead atoms. The van der Waals surface area contributed by atoms with Crippen molar-refractivity contribution < 1.29 is 0 Å². The SMILES string of the molecule is Cc1ccc2c3ccccc3n(-c3ncnc(I)n3)c2c1. The van der Waals surface area contributed by atoms with Crippen molar-refractivity contribution in [2.75, 3.05) is 0 Å². The largest absolute Gasteiger partial charge is 0.278 e. The molecule has 0 saturated heterocycles. The monoisotopic (exact) mass is 386 g/mol. The molecule has 0 fully saturated rings. The summed E-state index contributed by atoms with van der Waals surface area (Å²) < 4.78 is 2.79. The van der Waals surface area contributed by atoms with Gasteiger partial charge in [-0.3, -0.25) is 4.57 Å². The van der Waals surface area contributed by atoms with Crippen LogP contribution < -0.4 is 0 Å². The second-order valence-corrected chi connectivity index (χ2v) is 5.89. The first-order valence-corrected chi connectivity index (χ1v) is 7.66. The van der Waals surface area contributed by atoms with Crippen LogP contribution in [-0.4, -0.2) is 19.5 Å². The fourth-order valence-electron chi connectivity index (χ4n) is 2.67. The Hall–Kier alpha value is -2.02. The molecule has 4 aromatic rings. The number of nitrogens with zero attached hydrogens (tertiary/aromatic N) is 4. The van der Waals surface area contributed by atoms with Crippen LogP contribution in [-0.2, 0) is 0 Å². The molecule has 0 spiro atoms. The summed E-state index contributed by atoms with van der Waals surface area (Å²) in [6, 6.07) is 14.8. The predicted octanol–water partition coefficient (Wildman–Crippen LogP) is 3.88. The standard InChI is InChI=1S/C16H11IN4/c1-10-6-7-12-11-4-2-3-5-13(11)21(14(12)8-10)16-19-9-18-15(17)20-16/h2-9H,1H3. The molecule has 21 heavy (non-hydrogen) atoms. The average Bonchev–Trinajstić information content (AvgIpc) is 2.80. The molecule has 0 aliphatic rings. The molecule has 0 amide bonds. The molecule has 0 aliphatic carbocycles. The van der Waals surface area contributed by atoms with Gasteiger partial charge in [0.25, 0.3) is 0 Å². The Morgan fingerprint density at radius 3 is 2.62 bits per heavy atom. The van der Waals surface area contributed by atoms with Crippen molar-refractivity contribution >= 4 is 44.4 Å². The third-order valence-electron chi connectivity index (χ3n) is 3.56. The van der Waals surface area contributed by atoms with Gasteiger partial charge in [0.15, 0.2) is 3.83 Å². The molecule has 0 N–H and O–H groups in total. The zero-order valence-electron chi connectivity index (χ0n) is 11.3. The van der Waals surface area contributed by atoms with E-state index in [-0.39, 0.29) is 0 Å². The number of para-hydroxylation sites is 1. The Labute approximate surface area is 135 Å². The number of benzene rings is 2. The molecule has 0 radical (unpaired) electrons. The van der Waals surface area contributed by atoms with Crippen molar-refractivity contribution in [3.05, 3.63) is 58.2 Å². The topological polar surface area (TPSA) is 43.6 Å². The highest BCUT2D eigenvalue weighted by atomic mass is 127. The predicted molar refractivity (Wildman–Crippen MR) is 91.6 cm³/mol. The zero-order chi connectivity index (χ0) is 14.4. The summed E-state index contributed by atoms with van der Waals surface area (Å²) in [4.78, 5) is 12.9. The first-order chi connectivity index (χ1) is 10.2. The van der Waals surface area contributed by atoms with Crippen LogP contribution in [0.4, 0.5) is 0 Å². The molecular formula is C16H11IN4. The molecule has 0 atom stereocenters. The third kappa shape index (κ3) is 1.99. The minimum absolute atomic E-state index is 0.659. The van der Waals surface area contributed by atoms with Crippen molar-refractivity contribution in [3.8, 4) is 5.95 Å². The van der Waals surface area contributed by atoms with Crippen LogP contribution in [0.5, 0.6) is 0 Å². The smallest absolute Gasteiger partial charge is 0.238 e. The molecule has 5 heteroatoms. The van der Waals surface area contributed by atoms with E-state index >= 15 is 0 Å². The molecule has 2 aromatic carbocycles. The van der Waals surface area contributed by atoms with Crippen LogP contribution in [0.25, 0.3) is 27.8 Å². The van der Waals surface area contributed by atoms with E-state index in [4.69, 9.17) is 0 Å². The number of hydrogen-bond donors (Lipinski definition) is 0. The van der Waals surface area contributed by atoms with E-state index in [1.54, 1.807) is 6.33 Å². The van der Waals surface area contributed by atoms with Gasteiger partial charge in [-0.1, -0.05) is 30.3 Å². The van der Waals surface area contributed by atoms with E-state index in [0.717, 1.165) is 11.0 Å². The molecule has 4 rings (SSSR count). The lowest BCUT2D eigenvalue weighted by Gasteiger charge is -2.05. The number of aryl methyl sites for hydroxylation is 1. The summed E-state index contributed by atoms with van der Waals surface area (Å²) in [5.74, 6) is 0.659. The molecule has 4 nitrogen and oxygen atoms in total. The molecule has 102 valence electrons. The Kier molecular flexibility index (Phi) is 2.88. The van der Waals surface area contributed by atoms with Gasteiger partial charge >= 0.3 is 0 Å². The third-order valence-corrected chi connectivity index (χ3v) is 4.08. The molecule has 0 saturated carbocycles. The first kappa shape index (κ1) is 12.7. The molecule has 2 aromatic heterocycles. The molecule has 2 heterocycles. The van der Waals surface area contributed by atoms with Gasteiger partial charge in [0.1, 0.15) is 6.33 Å². The Morgan fingerprint density at radius 2 is 1.76 bits per heavy atom. The minimum atomic E-state index is 0.659. The van der Waals surface area contributed by atoms with Crippen LogP contribution in [0.3, 0.4) is 0 Å². The summed E-state index contributed by atoms with van der Waals surface area (Å²) in [7, 11) is 0. The Balaban J connectivity index is 2.21. The highest BCUT2D eigenvalue weighted by molar-refractivity contribution is 14.1. The van der Waals surface area contributed by atoms with Crippen molar-refractivity contribution in [2.24, 2.45) is 0 Å². The highest BCUT2D eigenvalue weighted by Gasteiger charge is 2.13. The van der Waals surface area contributed by atoms with Crippen molar-refractivity contribution in [1.29, 1.82) is 0 Å². The number of halogens is 1. The van der Waals surface area contributed by atoms with E-state index in [1.807, 2.05) is 6.07 Å². The fourth-order valence-corrected chi connectivity index (χ4v) is 3.01. The maximum absolute atomic E-state index is 4.47. The highest BCUT2D eigenvalue weighted by Crippen LogP contribution is 2.31. The van der Waals surface area contributed by atoms with E-state index in [2.05, 4.69) is 85.4 Å². The molecule has 0 aliphatic heterocycles. The maximum Gasteiger partial charge on any atom is 0.238 e. The van der Waals surface area contributed by atoms with Crippen molar-refractivity contribution in [2.45, 2.75) is 6.92 Å². The Bertz CT molecular complexity index is 975. The van der Waals surface area contributed by atoms with Crippen LogP contribution in [0.1, 0.15) is 5.56 Å². The van der Waals surface area contributed by atoms with Gasteiger partial charge in [-0.2, -0.15) is 4.98 Å². The fraction of sp³-hybridized carbons (Fsp3) is 0.0625. The first-order valence-electron chi connectivity index (χ1n) is 6.59. The lowest BCUT2D eigenvalue weighted by molar-refractivity contribution is 0.915. The van der Waals surface area contributed by atoms with Gasteiger partial charge < -0.3 is 0 Å². The maximum atomic E-state index is 4.47. The quantitative estimate of drug-likeness (QED) is 0.467. The normalized spacial score (nSPS) is 11.3. The summed E-state index contributed by atoms with van der Waals surface area (Å²) in [6.45, 7) is 2.10. The molecule has 0 unspecified atom stereocenters. The van der Waals surface area contributed by atoms with Gasteiger partial charge in [-0.05, 0) is 24.6 Å². The molecular weight excluding hydrogens is 375 g/mol. The number of aromatic nitrogens is 4. The number of hydrogen-bond acceptors (Lipinski definition) is 3. The van der Waals surface area contributed by atoms with Crippen molar-refractivity contribution in [1.82, 2.24) is 19.5 Å². The van der Waals surface area contributed by atoms with Crippen LogP contribution in [0.15, 0.2) is 48.8 Å². The van der Waals surface area contributed by atoms with E-state index in [1.165, 1.54) is 16.3 Å². The summed E-state index contributed by atoms with van der Waals surface area (Å²) in [5.41, 5.74) is 3.45. The Morgan fingerprint density at radius 1 is 0.952 bits per heavy atom. The van der Waals surface area contributed by atoms with Gasteiger partial charge in [0.05, 0.1) is 11.0 Å². The van der Waals surface area contributed by atoms with Crippen LogP contribution in [0, 0.1) is 10.8 Å². The number of rotatable bonds is 1. The lowest BCUT2D eigenvalue weighted by atomic mass is 10.1. The zero-order valence-corrected chi connectivity index (χ0v) is 13.4.